The molecule has 3 nitrogen and oxygen atoms in total. The summed E-state index contributed by atoms with van der Waals surface area (Å²) in [5.74, 6) is 1.32. The fraction of sp³-hybridized carbons (Fsp3) is 0.421. The number of aliphatic hydroxyl groups excluding tert-OH is 1. The lowest BCUT2D eigenvalue weighted by atomic mass is 9.74. The van der Waals surface area contributed by atoms with Crippen LogP contribution in [0.15, 0.2) is 49.2 Å². The smallest absolute Gasteiger partial charge is 0.132 e. The van der Waals surface area contributed by atoms with E-state index in [0.29, 0.717) is 17.9 Å². The SMILES string of the molecule is C=C[C@@H]1C[NH+]2CC[C@@H]1C[C@H]2[C@H](O)c1cnc2ccccc2c1. The first kappa shape index (κ1) is 13.9. The Labute approximate surface area is 131 Å². The molecule has 0 saturated carbocycles. The normalized spacial score (nSPS) is 32.0. The van der Waals surface area contributed by atoms with Crippen LogP contribution in [-0.2, 0) is 0 Å². The molecule has 1 aromatic carbocycles. The molecular weight excluding hydrogens is 272 g/mol. The van der Waals surface area contributed by atoms with E-state index in [1.54, 1.807) is 0 Å². The van der Waals surface area contributed by atoms with Gasteiger partial charge in [-0.3, -0.25) is 4.98 Å². The Hall–Kier alpha value is -1.71. The Morgan fingerprint density at radius 3 is 3.00 bits per heavy atom. The fourth-order valence-electron chi connectivity index (χ4n) is 4.39. The molecule has 3 heteroatoms. The van der Waals surface area contributed by atoms with Crippen LogP contribution in [0.2, 0.25) is 0 Å². The van der Waals surface area contributed by atoms with Crippen molar-refractivity contribution in [3.8, 4) is 0 Å². The lowest BCUT2D eigenvalue weighted by Crippen LogP contribution is -3.20. The van der Waals surface area contributed by atoms with E-state index in [-0.39, 0.29) is 0 Å². The number of benzene rings is 1. The Balaban J connectivity index is 1.61. The lowest BCUT2D eigenvalue weighted by molar-refractivity contribution is -0.949. The predicted molar refractivity (Wildman–Crippen MR) is 87.6 cm³/mol. The van der Waals surface area contributed by atoms with Crippen LogP contribution in [0.5, 0.6) is 0 Å². The molecule has 1 unspecified atom stereocenters. The standard InChI is InChI=1S/C19H22N2O/c1-2-13-12-21-8-7-14(13)10-18(21)19(22)16-9-15-5-3-4-6-17(15)20-11-16/h2-6,9,11,13-14,18-19,22H,1,7-8,10,12H2/p+1/t13-,14-,18+,19-/m1/s1. The molecule has 3 aliphatic heterocycles. The van der Waals surface area contributed by atoms with E-state index in [9.17, 15) is 5.11 Å². The maximum atomic E-state index is 10.9. The minimum Gasteiger partial charge on any atom is -0.382 e. The first-order valence-corrected chi connectivity index (χ1v) is 8.26. The zero-order chi connectivity index (χ0) is 15.1. The molecule has 22 heavy (non-hydrogen) atoms. The van der Waals surface area contributed by atoms with Gasteiger partial charge in [0.25, 0.3) is 0 Å². The van der Waals surface area contributed by atoms with Crippen LogP contribution >= 0.6 is 0 Å². The number of hydrogen-bond donors (Lipinski definition) is 2. The summed E-state index contributed by atoms with van der Waals surface area (Å²) in [4.78, 5) is 6.04. The van der Waals surface area contributed by atoms with Crippen molar-refractivity contribution >= 4 is 10.9 Å². The quantitative estimate of drug-likeness (QED) is 0.847. The molecule has 5 rings (SSSR count). The molecule has 2 N–H and O–H groups in total. The maximum Gasteiger partial charge on any atom is 0.132 e. The molecule has 1 aromatic heterocycles. The highest BCUT2D eigenvalue weighted by Crippen LogP contribution is 2.32. The summed E-state index contributed by atoms with van der Waals surface area (Å²) in [6.45, 7) is 6.28. The van der Waals surface area contributed by atoms with Crippen LogP contribution in [-0.4, -0.2) is 29.2 Å². The molecule has 3 saturated heterocycles. The number of para-hydroxylation sites is 1. The summed E-state index contributed by atoms with van der Waals surface area (Å²) in [6.07, 6.45) is 5.91. The van der Waals surface area contributed by atoms with Crippen molar-refractivity contribution in [1.82, 2.24) is 4.98 Å². The Morgan fingerprint density at radius 2 is 2.23 bits per heavy atom. The highest BCUT2D eigenvalue weighted by atomic mass is 16.3. The first-order chi connectivity index (χ1) is 10.8. The lowest BCUT2D eigenvalue weighted by Gasteiger charge is -2.47. The molecule has 0 radical (unpaired) electrons. The molecule has 5 atom stereocenters. The van der Waals surface area contributed by atoms with Crippen molar-refractivity contribution in [2.75, 3.05) is 13.1 Å². The van der Waals surface area contributed by atoms with Gasteiger partial charge in [0.2, 0.25) is 0 Å². The van der Waals surface area contributed by atoms with Gasteiger partial charge in [0.1, 0.15) is 12.1 Å². The van der Waals surface area contributed by atoms with Gasteiger partial charge in [-0.05, 0) is 18.1 Å². The summed E-state index contributed by atoms with van der Waals surface area (Å²) < 4.78 is 0. The van der Waals surface area contributed by atoms with Crippen molar-refractivity contribution in [2.24, 2.45) is 11.8 Å². The van der Waals surface area contributed by atoms with Crippen LogP contribution in [0.1, 0.15) is 24.5 Å². The fourth-order valence-corrected chi connectivity index (χ4v) is 4.39. The molecule has 2 aromatic rings. The van der Waals surface area contributed by atoms with Gasteiger partial charge in [-0.2, -0.15) is 0 Å². The van der Waals surface area contributed by atoms with Gasteiger partial charge >= 0.3 is 0 Å². The number of aliphatic hydroxyl groups is 1. The second-order valence-corrected chi connectivity index (χ2v) is 6.81. The minimum atomic E-state index is -0.416. The number of nitrogens with one attached hydrogen (secondary N) is 1. The van der Waals surface area contributed by atoms with Gasteiger partial charge in [-0.15, -0.1) is 6.58 Å². The van der Waals surface area contributed by atoms with Gasteiger partial charge in [0.05, 0.1) is 18.6 Å². The highest BCUT2D eigenvalue weighted by molar-refractivity contribution is 5.78. The molecule has 2 bridgehead atoms. The van der Waals surface area contributed by atoms with Crippen LogP contribution < -0.4 is 4.90 Å². The van der Waals surface area contributed by atoms with E-state index in [0.717, 1.165) is 29.4 Å². The topological polar surface area (TPSA) is 37.6 Å². The summed E-state index contributed by atoms with van der Waals surface area (Å²) in [5.41, 5.74) is 1.95. The number of hydrogen-bond acceptors (Lipinski definition) is 2. The third kappa shape index (κ3) is 2.25. The number of fused-ring (bicyclic) bond motifs is 4. The predicted octanol–water partition coefficient (Wildman–Crippen LogP) is 1.75. The van der Waals surface area contributed by atoms with E-state index in [1.807, 2.05) is 24.4 Å². The van der Waals surface area contributed by atoms with Gasteiger partial charge in [0.15, 0.2) is 0 Å². The van der Waals surface area contributed by atoms with E-state index in [2.05, 4.69) is 29.8 Å². The van der Waals surface area contributed by atoms with Crippen LogP contribution in [0, 0.1) is 11.8 Å². The second kappa shape index (κ2) is 5.49. The number of quaternary nitrogens is 1. The average Bonchev–Trinajstić information content (AvgIpc) is 2.60. The number of pyridine rings is 1. The highest BCUT2D eigenvalue weighted by Gasteiger charge is 2.45. The average molecular weight is 295 g/mol. The number of aromatic nitrogens is 1. The summed E-state index contributed by atoms with van der Waals surface area (Å²) in [6, 6.07) is 10.5. The van der Waals surface area contributed by atoms with E-state index in [4.69, 9.17) is 0 Å². The van der Waals surface area contributed by atoms with E-state index in [1.165, 1.54) is 17.9 Å². The number of rotatable bonds is 3. The molecule has 3 fully saturated rings. The van der Waals surface area contributed by atoms with Crippen LogP contribution in [0.4, 0.5) is 0 Å². The van der Waals surface area contributed by atoms with Gasteiger partial charge in [-0.1, -0.05) is 24.3 Å². The molecular formula is C19H23N2O+. The second-order valence-electron chi connectivity index (χ2n) is 6.81. The van der Waals surface area contributed by atoms with Gasteiger partial charge in [-0.25, -0.2) is 0 Å². The third-order valence-corrected chi connectivity index (χ3v) is 5.66. The van der Waals surface area contributed by atoms with Crippen molar-refractivity contribution < 1.29 is 10.0 Å². The van der Waals surface area contributed by atoms with E-state index < -0.39 is 6.10 Å². The molecule has 0 aliphatic carbocycles. The summed E-state index contributed by atoms with van der Waals surface area (Å²) in [7, 11) is 0. The Kier molecular flexibility index (Phi) is 3.47. The largest absolute Gasteiger partial charge is 0.382 e. The number of nitrogens with zero attached hydrogens (tertiary/aromatic N) is 1. The summed E-state index contributed by atoms with van der Waals surface area (Å²) >= 11 is 0. The van der Waals surface area contributed by atoms with Crippen molar-refractivity contribution in [3.05, 3.63) is 54.7 Å². The Bertz CT molecular complexity index is 699. The monoisotopic (exact) mass is 295 g/mol. The van der Waals surface area contributed by atoms with Crippen LogP contribution in [0.3, 0.4) is 0 Å². The van der Waals surface area contributed by atoms with Gasteiger partial charge in [0, 0.05) is 35.9 Å². The minimum absolute atomic E-state index is 0.304. The third-order valence-electron chi connectivity index (χ3n) is 5.66. The van der Waals surface area contributed by atoms with E-state index >= 15 is 0 Å². The van der Waals surface area contributed by atoms with Crippen LogP contribution in [0.25, 0.3) is 10.9 Å². The molecule has 0 amide bonds. The zero-order valence-corrected chi connectivity index (χ0v) is 12.8. The Morgan fingerprint density at radius 1 is 1.36 bits per heavy atom. The van der Waals surface area contributed by atoms with Crippen molar-refractivity contribution in [2.45, 2.75) is 25.0 Å². The zero-order valence-electron chi connectivity index (χ0n) is 12.8. The molecule has 114 valence electrons. The van der Waals surface area contributed by atoms with Gasteiger partial charge < -0.3 is 10.0 Å². The molecule has 0 spiro atoms. The van der Waals surface area contributed by atoms with Crippen molar-refractivity contribution in [1.29, 1.82) is 0 Å². The molecule has 4 heterocycles. The first-order valence-electron chi connectivity index (χ1n) is 8.26. The van der Waals surface area contributed by atoms with Crippen molar-refractivity contribution in [3.63, 3.8) is 0 Å². The maximum absolute atomic E-state index is 10.9. The molecule has 3 aliphatic rings. The summed E-state index contributed by atoms with van der Waals surface area (Å²) in [5, 5.41) is 12.0. The number of piperidine rings is 3.